The van der Waals surface area contributed by atoms with E-state index in [0.29, 0.717) is 16.3 Å². The zero-order valence-corrected chi connectivity index (χ0v) is 13.6. The van der Waals surface area contributed by atoms with Crippen molar-refractivity contribution in [3.8, 4) is 11.8 Å². The largest absolute Gasteiger partial charge is 0.489 e. The number of sulfone groups is 1. The molecule has 0 fully saturated rings. The smallest absolute Gasteiger partial charge is 0.181 e. The number of ether oxygens (including phenoxy) is 1. The number of hydrogen-bond donors (Lipinski definition) is 1. The first kappa shape index (κ1) is 17.3. The Labute approximate surface area is 139 Å². The number of hydrogen-bond acceptors (Lipinski definition) is 5. The Morgan fingerprint density at radius 1 is 1.17 bits per heavy atom. The second-order valence-corrected chi connectivity index (χ2v) is 7.28. The third-order valence-electron chi connectivity index (χ3n) is 3.02. The zero-order valence-electron chi connectivity index (χ0n) is 12.0. The molecule has 0 bridgehead atoms. The molecule has 0 saturated heterocycles. The average molecular weight is 352 g/mol. The lowest BCUT2D eigenvalue weighted by atomic mass is 10.2. The van der Waals surface area contributed by atoms with Crippen LogP contribution < -0.4 is 4.74 Å². The average Bonchev–Trinajstić information content (AvgIpc) is 2.53. The summed E-state index contributed by atoms with van der Waals surface area (Å²) < 4.78 is 29.7. The Bertz CT molecular complexity index is 813. The fraction of sp³-hybridized carbons (Fsp3) is 0.188. The summed E-state index contributed by atoms with van der Waals surface area (Å²) in [5.74, 6) is -0.179. The van der Waals surface area contributed by atoms with Crippen LogP contribution >= 0.6 is 11.6 Å². The van der Waals surface area contributed by atoms with E-state index in [1.54, 1.807) is 24.3 Å². The highest BCUT2D eigenvalue weighted by Crippen LogP contribution is 2.18. The fourth-order valence-electron chi connectivity index (χ4n) is 1.91. The first-order valence-corrected chi connectivity index (χ1v) is 8.74. The van der Waals surface area contributed by atoms with Crippen LogP contribution in [0, 0.1) is 11.3 Å². The number of halogens is 1. The molecule has 2 aromatic carbocycles. The summed E-state index contributed by atoms with van der Waals surface area (Å²) in [7, 11) is -3.65. The summed E-state index contributed by atoms with van der Waals surface area (Å²) in [5, 5.41) is 19.3. The monoisotopic (exact) mass is 351 g/mol. The molecule has 0 amide bonds. The molecule has 0 aromatic heterocycles. The van der Waals surface area contributed by atoms with Gasteiger partial charge in [-0.05, 0) is 36.4 Å². The minimum absolute atomic E-state index is 0.0818. The van der Waals surface area contributed by atoms with Crippen LogP contribution in [0.25, 0.3) is 0 Å². The molecule has 7 heteroatoms. The Balaban J connectivity index is 2.00. The summed E-state index contributed by atoms with van der Waals surface area (Å²) in [6, 6.07) is 14.2. The lowest BCUT2D eigenvalue weighted by molar-refractivity contribution is 0.124. The van der Waals surface area contributed by atoms with Crippen LogP contribution in [0.1, 0.15) is 5.56 Å². The predicted octanol–water partition coefficient (Wildman–Crippen LogP) is 2.43. The second kappa shape index (κ2) is 7.47. The van der Waals surface area contributed by atoms with Gasteiger partial charge in [-0.1, -0.05) is 23.7 Å². The lowest BCUT2D eigenvalue weighted by Crippen LogP contribution is -2.27. The van der Waals surface area contributed by atoms with Gasteiger partial charge in [0, 0.05) is 5.02 Å². The molecule has 0 aliphatic carbocycles. The molecule has 2 rings (SSSR count). The molecule has 0 spiro atoms. The van der Waals surface area contributed by atoms with Gasteiger partial charge in [-0.15, -0.1) is 0 Å². The number of rotatable bonds is 6. The van der Waals surface area contributed by atoms with Crippen LogP contribution in [0.15, 0.2) is 53.4 Å². The lowest BCUT2D eigenvalue weighted by Gasteiger charge is -2.13. The molecule has 0 saturated carbocycles. The second-order valence-electron chi connectivity index (χ2n) is 4.81. The van der Waals surface area contributed by atoms with Crippen molar-refractivity contribution in [3.05, 3.63) is 59.1 Å². The molecule has 23 heavy (non-hydrogen) atoms. The van der Waals surface area contributed by atoms with Crippen LogP contribution in [0.5, 0.6) is 5.75 Å². The van der Waals surface area contributed by atoms with Crippen LogP contribution in [-0.2, 0) is 9.84 Å². The molecule has 2 aromatic rings. The van der Waals surface area contributed by atoms with E-state index >= 15 is 0 Å². The Morgan fingerprint density at radius 2 is 1.83 bits per heavy atom. The van der Waals surface area contributed by atoms with Crippen molar-refractivity contribution in [3.63, 3.8) is 0 Å². The molecular weight excluding hydrogens is 338 g/mol. The van der Waals surface area contributed by atoms with E-state index in [1.165, 1.54) is 24.3 Å². The van der Waals surface area contributed by atoms with Crippen molar-refractivity contribution in [1.82, 2.24) is 0 Å². The van der Waals surface area contributed by atoms with Gasteiger partial charge in [-0.25, -0.2) is 8.42 Å². The van der Waals surface area contributed by atoms with Crippen LogP contribution in [0.3, 0.4) is 0 Å². The topological polar surface area (TPSA) is 87.4 Å². The maximum absolute atomic E-state index is 12.2. The summed E-state index contributed by atoms with van der Waals surface area (Å²) in [6.45, 7) is -0.231. The molecule has 0 heterocycles. The zero-order chi connectivity index (χ0) is 16.9. The maximum Gasteiger partial charge on any atom is 0.181 e. The van der Waals surface area contributed by atoms with Crippen LogP contribution in [0.2, 0.25) is 5.02 Å². The number of nitrogens with zero attached hydrogens (tertiary/aromatic N) is 1. The molecule has 1 atom stereocenters. The minimum Gasteiger partial charge on any atom is -0.489 e. The number of para-hydroxylation sites is 1. The fourth-order valence-corrected chi connectivity index (χ4v) is 3.38. The summed E-state index contributed by atoms with van der Waals surface area (Å²) >= 11 is 5.72. The van der Waals surface area contributed by atoms with Gasteiger partial charge < -0.3 is 9.84 Å². The maximum atomic E-state index is 12.2. The van der Waals surface area contributed by atoms with Gasteiger partial charge in [0.15, 0.2) is 9.84 Å². The molecule has 0 aliphatic heterocycles. The number of aliphatic hydroxyl groups excluding tert-OH is 1. The molecule has 0 aliphatic rings. The van der Waals surface area contributed by atoms with Crippen molar-refractivity contribution in [2.75, 3.05) is 12.4 Å². The number of aliphatic hydroxyl groups is 1. The van der Waals surface area contributed by atoms with E-state index in [0.717, 1.165) is 0 Å². The van der Waals surface area contributed by atoms with E-state index < -0.39 is 21.7 Å². The van der Waals surface area contributed by atoms with Gasteiger partial charge in [0.25, 0.3) is 0 Å². The van der Waals surface area contributed by atoms with Crippen molar-refractivity contribution >= 4 is 21.4 Å². The van der Waals surface area contributed by atoms with Crippen molar-refractivity contribution in [1.29, 1.82) is 5.26 Å². The Kier molecular flexibility index (Phi) is 5.61. The molecule has 5 nitrogen and oxygen atoms in total. The van der Waals surface area contributed by atoms with Gasteiger partial charge >= 0.3 is 0 Å². The van der Waals surface area contributed by atoms with Crippen LogP contribution in [0.4, 0.5) is 0 Å². The van der Waals surface area contributed by atoms with Crippen LogP contribution in [-0.4, -0.2) is 32.0 Å². The summed E-state index contributed by atoms with van der Waals surface area (Å²) in [5.41, 5.74) is 0.320. The molecule has 120 valence electrons. The number of nitriles is 1. The number of benzene rings is 2. The quantitative estimate of drug-likeness (QED) is 0.863. The van der Waals surface area contributed by atoms with Gasteiger partial charge in [-0.3, -0.25) is 0 Å². The first-order chi connectivity index (χ1) is 10.9. The Morgan fingerprint density at radius 3 is 2.48 bits per heavy atom. The predicted molar refractivity (Wildman–Crippen MR) is 86.2 cm³/mol. The van der Waals surface area contributed by atoms with Gasteiger partial charge in [0.05, 0.1) is 16.2 Å². The normalized spacial score (nSPS) is 12.4. The van der Waals surface area contributed by atoms with E-state index in [-0.39, 0.29) is 11.5 Å². The summed E-state index contributed by atoms with van der Waals surface area (Å²) in [6.07, 6.45) is -1.22. The van der Waals surface area contributed by atoms with Gasteiger partial charge in [-0.2, -0.15) is 5.26 Å². The van der Waals surface area contributed by atoms with Crippen molar-refractivity contribution in [2.24, 2.45) is 0 Å². The van der Waals surface area contributed by atoms with Crippen molar-refractivity contribution in [2.45, 2.75) is 11.0 Å². The minimum atomic E-state index is -3.65. The van der Waals surface area contributed by atoms with E-state index in [2.05, 4.69) is 0 Å². The molecule has 1 unspecified atom stereocenters. The molecular formula is C16H14ClNO4S. The highest BCUT2D eigenvalue weighted by Gasteiger charge is 2.20. The van der Waals surface area contributed by atoms with E-state index in [4.69, 9.17) is 21.6 Å². The SMILES string of the molecule is N#Cc1ccccc1OCC(O)CS(=O)(=O)c1ccc(Cl)cc1. The summed E-state index contributed by atoms with van der Waals surface area (Å²) in [4.78, 5) is 0.0818. The first-order valence-electron chi connectivity index (χ1n) is 6.70. The van der Waals surface area contributed by atoms with Gasteiger partial charge in [0.2, 0.25) is 0 Å². The van der Waals surface area contributed by atoms with Crippen molar-refractivity contribution < 1.29 is 18.3 Å². The molecule has 1 N–H and O–H groups in total. The third-order valence-corrected chi connectivity index (χ3v) is 5.09. The van der Waals surface area contributed by atoms with E-state index in [9.17, 15) is 13.5 Å². The Hall–Kier alpha value is -2.07. The highest BCUT2D eigenvalue weighted by molar-refractivity contribution is 7.91. The third kappa shape index (κ3) is 4.70. The molecule has 0 radical (unpaired) electrons. The van der Waals surface area contributed by atoms with Gasteiger partial charge in [0.1, 0.15) is 24.5 Å². The standard InChI is InChI=1S/C16H14ClNO4S/c17-13-5-7-15(8-6-13)23(20,21)11-14(19)10-22-16-4-2-1-3-12(16)9-18/h1-8,14,19H,10-11H2. The highest BCUT2D eigenvalue weighted by atomic mass is 35.5. The van der Waals surface area contributed by atoms with E-state index in [1.807, 2.05) is 6.07 Å².